The lowest BCUT2D eigenvalue weighted by Crippen LogP contribution is -2.38. The Hall–Kier alpha value is -3.59. The van der Waals surface area contributed by atoms with Gasteiger partial charge in [-0.05, 0) is 18.5 Å². The number of alkyl halides is 5. The van der Waals surface area contributed by atoms with Crippen LogP contribution in [0.5, 0.6) is 0 Å². The van der Waals surface area contributed by atoms with Gasteiger partial charge in [-0.15, -0.1) is 0 Å². The lowest BCUT2D eigenvalue weighted by molar-refractivity contribution is -0.289. The second-order valence-electron chi connectivity index (χ2n) is 10.6. The molecule has 40 heavy (non-hydrogen) atoms. The zero-order chi connectivity index (χ0) is 30.0. The first-order valence-corrected chi connectivity index (χ1v) is 16.0. The highest BCUT2D eigenvalue weighted by molar-refractivity contribution is 6.76. The smallest absolute Gasteiger partial charge is 0.383 e. The molecule has 9 nitrogen and oxygen atoms in total. The lowest BCUT2D eigenvalue weighted by Gasteiger charge is -2.26. The summed E-state index contributed by atoms with van der Waals surface area (Å²) in [5.41, 5.74) is 5.53. The molecule has 0 saturated heterocycles. The van der Waals surface area contributed by atoms with Crippen LogP contribution < -0.4 is 11.1 Å². The number of anilines is 2. The minimum absolute atomic E-state index is 0.0779. The summed E-state index contributed by atoms with van der Waals surface area (Å²) in [5, 5.41) is 7.20. The number of carbonyl (C=O) groups excluding carboxylic acids is 2. The van der Waals surface area contributed by atoms with Gasteiger partial charge in [0.2, 0.25) is 0 Å². The third-order valence-electron chi connectivity index (χ3n) is 6.37. The molecule has 2 heterocycles. The van der Waals surface area contributed by atoms with Gasteiger partial charge < -0.3 is 20.7 Å². The number of nitrogen functional groups attached to an aromatic ring is 1. The topological polar surface area (TPSA) is 115 Å². The number of ether oxygens (including phenoxy) is 1. The first-order chi connectivity index (χ1) is 18.4. The van der Waals surface area contributed by atoms with Crippen molar-refractivity contribution in [1.29, 1.82) is 0 Å². The van der Waals surface area contributed by atoms with Crippen molar-refractivity contribution < 1.29 is 36.3 Å². The SMILES string of the molecule is CC(c1ccc(C(F)(F)C(F)(F)F)cc1)N(C)C(=O)C(=O)Nc1cnc(N)c2cnn(COCC[Si](C)(C)C)c12. The highest BCUT2D eigenvalue weighted by Gasteiger charge is 2.58. The van der Waals surface area contributed by atoms with Gasteiger partial charge in [-0.2, -0.15) is 27.1 Å². The number of pyridine rings is 1. The molecular formula is C25H31F5N6O3Si. The molecule has 0 aliphatic carbocycles. The fraction of sp³-hybridized carbons (Fsp3) is 0.440. The number of nitrogens with two attached hydrogens (primary N) is 1. The normalized spacial score (nSPS) is 13.3. The Morgan fingerprint density at radius 1 is 1.12 bits per heavy atom. The molecule has 1 aromatic carbocycles. The maximum absolute atomic E-state index is 13.6. The number of carbonyl (C=O) groups is 2. The van der Waals surface area contributed by atoms with Crippen molar-refractivity contribution in [2.45, 2.75) is 57.5 Å². The average Bonchev–Trinajstić information content (AvgIpc) is 3.31. The van der Waals surface area contributed by atoms with Crippen molar-refractivity contribution in [2.24, 2.45) is 0 Å². The van der Waals surface area contributed by atoms with Crippen LogP contribution in [0.25, 0.3) is 10.9 Å². The molecule has 0 spiro atoms. The van der Waals surface area contributed by atoms with Gasteiger partial charge in [0, 0.05) is 27.3 Å². The maximum atomic E-state index is 13.6. The van der Waals surface area contributed by atoms with Gasteiger partial charge >= 0.3 is 23.9 Å². The van der Waals surface area contributed by atoms with Crippen LogP contribution in [-0.4, -0.2) is 59.4 Å². The van der Waals surface area contributed by atoms with Gasteiger partial charge in [-0.1, -0.05) is 43.9 Å². The Labute approximate surface area is 228 Å². The van der Waals surface area contributed by atoms with Crippen molar-refractivity contribution >= 4 is 42.3 Å². The summed E-state index contributed by atoms with van der Waals surface area (Å²) in [4.78, 5) is 30.9. The summed E-state index contributed by atoms with van der Waals surface area (Å²) in [5.74, 6) is -6.88. The first kappa shape index (κ1) is 30.9. The van der Waals surface area contributed by atoms with Crippen LogP contribution in [0, 0.1) is 0 Å². The predicted molar refractivity (Wildman–Crippen MR) is 142 cm³/mol. The molecule has 2 aromatic heterocycles. The van der Waals surface area contributed by atoms with E-state index in [0.29, 0.717) is 29.6 Å². The summed E-state index contributed by atoms with van der Waals surface area (Å²) in [6.07, 6.45) is -2.99. The van der Waals surface area contributed by atoms with Gasteiger partial charge in [0.25, 0.3) is 0 Å². The highest BCUT2D eigenvalue weighted by Crippen LogP contribution is 2.44. The van der Waals surface area contributed by atoms with Crippen LogP contribution in [-0.2, 0) is 27.0 Å². The minimum Gasteiger partial charge on any atom is -0.383 e. The molecule has 3 N–H and O–H groups in total. The van der Waals surface area contributed by atoms with Gasteiger partial charge in [0.05, 0.1) is 35.0 Å². The van der Waals surface area contributed by atoms with Crippen LogP contribution in [0.1, 0.15) is 24.1 Å². The van der Waals surface area contributed by atoms with E-state index in [1.807, 2.05) is 0 Å². The van der Waals surface area contributed by atoms with E-state index in [4.69, 9.17) is 10.5 Å². The van der Waals surface area contributed by atoms with E-state index in [1.165, 1.54) is 31.0 Å². The summed E-state index contributed by atoms with van der Waals surface area (Å²) in [6, 6.07) is 3.49. The maximum Gasteiger partial charge on any atom is 0.458 e. The fourth-order valence-electron chi connectivity index (χ4n) is 3.71. The van der Waals surface area contributed by atoms with E-state index in [-0.39, 0.29) is 23.8 Å². The van der Waals surface area contributed by atoms with E-state index in [9.17, 15) is 31.5 Å². The Bertz CT molecular complexity index is 1370. The number of aromatic nitrogens is 3. The summed E-state index contributed by atoms with van der Waals surface area (Å²) in [7, 11) is -0.00936. The van der Waals surface area contributed by atoms with Crippen LogP contribution in [0.4, 0.5) is 33.5 Å². The third kappa shape index (κ3) is 6.75. The average molecular weight is 587 g/mol. The molecule has 0 radical (unpaired) electrons. The molecule has 218 valence electrons. The van der Waals surface area contributed by atoms with Gasteiger partial charge in [0.1, 0.15) is 12.5 Å². The Morgan fingerprint density at radius 2 is 1.75 bits per heavy atom. The van der Waals surface area contributed by atoms with E-state index >= 15 is 0 Å². The highest BCUT2D eigenvalue weighted by atomic mass is 28.3. The van der Waals surface area contributed by atoms with Crippen molar-refractivity contribution in [2.75, 3.05) is 24.7 Å². The van der Waals surface area contributed by atoms with Crippen LogP contribution in [0.3, 0.4) is 0 Å². The summed E-state index contributed by atoms with van der Waals surface area (Å²) in [6.45, 7) is 8.75. The Balaban J connectivity index is 1.74. The Morgan fingerprint density at radius 3 is 2.33 bits per heavy atom. The molecule has 3 rings (SSSR count). The number of benzene rings is 1. The number of hydrogen-bond donors (Lipinski definition) is 2. The van der Waals surface area contributed by atoms with Gasteiger partial charge in [0.15, 0.2) is 0 Å². The fourth-order valence-corrected chi connectivity index (χ4v) is 4.47. The molecule has 0 fully saturated rings. The second-order valence-corrected chi connectivity index (χ2v) is 16.2. The number of fused-ring (bicyclic) bond motifs is 1. The standard InChI is InChI=1S/C25H31F5N6O3Si/c1-15(16-6-8-17(9-7-16)24(26,27)25(28,29)30)35(2)23(38)22(37)34-19-13-32-21(31)18-12-33-36(20(18)19)14-39-10-11-40(3,4)5/h6-9,12-13,15H,10-11,14H2,1-5H3,(H2,31,32)(H,34,37). The van der Waals surface area contributed by atoms with Crippen LogP contribution >= 0.6 is 0 Å². The largest absolute Gasteiger partial charge is 0.458 e. The van der Waals surface area contributed by atoms with Crippen molar-refractivity contribution in [1.82, 2.24) is 19.7 Å². The molecular weight excluding hydrogens is 555 g/mol. The molecule has 0 bridgehead atoms. The monoisotopic (exact) mass is 586 g/mol. The number of likely N-dealkylation sites (N-methyl/N-ethyl adjacent to an activating group) is 1. The lowest BCUT2D eigenvalue weighted by atomic mass is 10.0. The van der Waals surface area contributed by atoms with Crippen LogP contribution in [0.2, 0.25) is 25.7 Å². The first-order valence-electron chi connectivity index (χ1n) is 12.2. The van der Waals surface area contributed by atoms with Crippen molar-refractivity contribution in [3.63, 3.8) is 0 Å². The van der Waals surface area contributed by atoms with Gasteiger partial charge in [-0.25, -0.2) is 9.67 Å². The molecule has 0 aliphatic rings. The number of nitrogens with zero attached hydrogens (tertiary/aromatic N) is 4. The zero-order valence-corrected chi connectivity index (χ0v) is 23.6. The van der Waals surface area contributed by atoms with E-state index in [0.717, 1.165) is 23.1 Å². The van der Waals surface area contributed by atoms with E-state index in [1.54, 1.807) is 0 Å². The van der Waals surface area contributed by atoms with Crippen LogP contribution in [0.15, 0.2) is 36.7 Å². The predicted octanol–water partition coefficient (Wildman–Crippen LogP) is 5.14. The zero-order valence-electron chi connectivity index (χ0n) is 22.6. The molecule has 1 unspecified atom stereocenters. The number of rotatable bonds is 9. The number of nitrogens with one attached hydrogen (secondary N) is 1. The molecule has 1 atom stereocenters. The summed E-state index contributed by atoms with van der Waals surface area (Å²) >= 11 is 0. The second kappa shape index (κ2) is 11.5. The molecule has 0 saturated carbocycles. The number of halogens is 5. The number of amides is 2. The molecule has 15 heteroatoms. The van der Waals surface area contributed by atoms with Crippen molar-refractivity contribution in [3.8, 4) is 0 Å². The quantitative estimate of drug-likeness (QED) is 0.155. The van der Waals surface area contributed by atoms with E-state index < -0.39 is 43.6 Å². The minimum atomic E-state index is -5.75. The Kier molecular flexibility index (Phi) is 8.89. The third-order valence-corrected chi connectivity index (χ3v) is 8.07. The van der Waals surface area contributed by atoms with Gasteiger partial charge in [-0.3, -0.25) is 9.59 Å². The summed E-state index contributed by atoms with van der Waals surface area (Å²) < 4.78 is 72.4. The molecule has 3 aromatic rings. The van der Waals surface area contributed by atoms with Crippen molar-refractivity contribution in [3.05, 3.63) is 47.8 Å². The van der Waals surface area contributed by atoms with E-state index in [2.05, 4.69) is 35.0 Å². The number of hydrogen-bond acceptors (Lipinski definition) is 6. The molecule has 0 aliphatic heterocycles. The molecule has 2 amide bonds.